The van der Waals surface area contributed by atoms with Gasteiger partial charge in [0.2, 0.25) is 5.91 Å². The topological polar surface area (TPSA) is 43.8 Å². The largest absolute Gasteiger partial charge is 0.387 e. The molecule has 2 heterocycles. The van der Waals surface area contributed by atoms with E-state index in [0.717, 1.165) is 26.1 Å². The van der Waals surface area contributed by atoms with Crippen LogP contribution in [0.2, 0.25) is 0 Å². The maximum atomic E-state index is 11.3. The molecule has 2 fully saturated rings. The molecule has 1 amide bonds. The summed E-state index contributed by atoms with van der Waals surface area (Å²) in [6, 6.07) is 0.912. The van der Waals surface area contributed by atoms with Crippen LogP contribution < -0.4 is 0 Å². The van der Waals surface area contributed by atoms with E-state index in [1.165, 1.54) is 0 Å². The molecular weight excluding hydrogens is 168 g/mol. The van der Waals surface area contributed by atoms with E-state index in [4.69, 9.17) is 5.11 Å². The van der Waals surface area contributed by atoms with Crippen molar-refractivity contribution in [2.75, 3.05) is 26.2 Å². The first kappa shape index (κ1) is 8.97. The Morgan fingerprint density at radius 2 is 2.23 bits per heavy atom. The molecule has 0 spiro atoms. The van der Waals surface area contributed by atoms with Gasteiger partial charge in [0.1, 0.15) is 6.61 Å². The van der Waals surface area contributed by atoms with Gasteiger partial charge >= 0.3 is 0 Å². The summed E-state index contributed by atoms with van der Waals surface area (Å²) >= 11 is 0. The molecule has 0 radical (unpaired) electrons. The van der Waals surface area contributed by atoms with Crippen LogP contribution in [-0.4, -0.2) is 59.1 Å². The Kier molecular flexibility index (Phi) is 2.26. The fraction of sp³-hybridized carbons (Fsp3) is 0.889. The molecule has 2 bridgehead atoms. The van der Waals surface area contributed by atoms with Crippen molar-refractivity contribution in [3.8, 4) is 0 Å². The number of hydrogen-bond donors (Lipinski definition) is 1. The third kappa shape index (κ3) is 1.34. The smallest absolute Gasteiger partial charge is 0.248 e. The average Bonchev–Trinajstić information content (AvgIpc) is 2.74. The third-order valence-corrected chi connectivity index (χ3v) is 3.22. The molecule has 13 heavy (non-hydrogen) atoms. The Hall–Kier alpha value is -0.610. The van der Waals surface area contributed by atoms with E-state index in [0.29, 0.717) is 12.1 Å². The molecular formula is C9H16N2O2. The van der Waals surface area contributed by atoms with Gasteiger partial charge in [0.05, 0.1) is 0 Å². The predicted molar refractivity (Wildman–Crippen MR) is 48.2 cm³/mol. The number of likely N-dealkylation sites (N-methyl/N-ethyl adjacent to an activating group) is 1. The molecule has 1 N–H and O–H groups in total. The molecule has 0 aliphatic carbocycles. The van der Waals surface area contributed by atoms with Gasteiger partial charge in [-0.2, -0.15) is 0 Å². The van der Waals surface area contributed by atoms with Crippen molar-refractivity contribution in [1.82, 2.24) is 9.80 Å². The number of fused-ring (bicyclic) bond motifs is 2. The Morgan fingerprint density at radius 3 is 2.69 bits per heavy atom. The number of hydrogen-bond acceptors (Lipinski definition) is 3. The summed E-state index contributed by atoms with van der Waals surface area (Å²) in [5.74, 6) is -0.108. The minimum absolute atomic E-state index is 0.108. The molecule has 0 aromatic carbocycles. The van der Waals surface area contributed by atoms with Crippen LogP contribution in [0.4, 0.5) is 0 Å². The Balaban J connectivity index is 1.99. The number of amides is 1. The molecule has 2 saturated heterocycles. The highest BCUT2D eigenvalue weighted by Crippen LogP contribution is 2.29. The first-order valence-corrected chi connectivity index (χ1v) is 4.90. The lowest BCUT2D eigenvalue weighted by Crippen LogP contribution is -2.49. The van der Waals surface area contributed by atoms with Gasteiger partial charge in [0.15, 0.2) is 0 Å². The zero-order valence-corrected chi connectivity index (χ0v) is 7.94. The van der Waals surface area contributed by atoms with E-state index < -0.39 is 0 Å². The molecule has 2 rings (SSSR count). The van der Waals surface area contributed by atoms with Crippen LogP contribution in [0.15, 0.2) is 0 Å². The third-order valence-electron chi connectivity index (χ3n) is 3.22. The highest BCUT2D eigenvalue weighted by atomic mass is 16.3. The number of carbonyl (C=O) groups excluding carboxylic acids is 1. The van der Waals surface area contributed by atoms with Crippen molar-refractivity contribution in [1.29, 1.82) is 0 Å². The normalized spacial score (nSPS) is 32.9. The number of aliphatic hydroxyl groups excluding tert-OH is 1. The highest BCUT2D eigenvalue weighted by molar-refractivity contribution is 5.78. The highest BCUT2D eigenvalue weighted by Gasteiger charge is 2.43. The number of nitrogens with zero attached hydrogens (tertiary/aromatic N) is 2. The van der Waals surface area contributed by atoms with Gasteiger partial charge in [-0.1, -0.05) is 6.92 Å². The first-order valence-electron chi connectivity index (χ1n) is 4.90. The monoisotopic (exact) mass is 184 g/mol. The van der Waals surface area contributed by atoms with Gasteiger partial charge in [0.25, 0.3) is 0 Å². The lowest BCUT2D eigenvalue weighted by molar-refractivity contribution is -0.136. The first-order chi connectivity index (χ1) is 6.26. The summed E-state index contributed by atoms with van der Waals surface area (Å²) in [6.07, 6.45) is 1.10. The minimum atomic E-state index is -0.338. The van der Waals surface area contributed by atoms with E-state index in [2.05, 4.69) is 11.8 Å². The summed E-state index contributed by atoms with van der Waals surface area (Å²) in [5, 5.41) is 8.74. The maximum absolute atomic E-state index is 11.3. The van der Waals surface area contributed by atoms with Crippen LogP contribution in [-0.2, 0) is 4.79 Å². The molecule has 4 heteroatoms. The van der Waals surface area contributed by atoms with Crippen LogP contribution in [0.25, 0.3) is 0 Å². The Labute approximate surface area is 78.1 Å². The van der Waals surface area contributed by atoms with Crippen LogP contribution >= 0.6 is 0 Å². The molecule has 2 aliphatic rings. The van der Waals surface area contributed by atoms with Gasteiger partial charge in [-0.25, -0.2) is 0 Å². The van der Waals surface area contributed by atoms with Crippen molar-refractivity contribution in [2.45, 2.75) is 25.4 Å². The zero-order chi connectivity index (χ0) is 9.42. The van der Waals surface area contributed by atoms with E-state index in [-0.39, 0.29) is 12.5 Å². The van der Waals surface area contributed by atoms with Gasteiger partial charge in [-0.3, -0.25) is 9.69 Å². The molecule has 2 unspecified atom stereocenters. The van der Waals surface area contributed by atoms with E-state index >= 15 is 0 Å². The van der Waals surface area contributed by atoms with Crippen LogP contribution in [0.1, 0.15) is 13.3 Å². The number of piperazine rings is 1. The molecule has 2 atom stereocenters. The van der Waals surface area contributed by atoms with Crippen molar-refractivity contribution in [3.05, 3.63) is 0 Å². The summed E-state index contributed by atoms with van der Waals surface area (Å²) in [7, 11) is 0. The fourth-order valence-electron chi connectivity index (χ4n) is 2.53. The second-order valence-electron chi connectivity index (χ2n) is 3.84. The standard InChI is InChI=1S/C9H16N2O2/c1-2-10-4-8-3-7(10)5-11(8)9(13)6-12/h7-8,12H,2-6H2,1H3. The minimum Gasteiger partial charge on any atom is -0.387 e. The molecule has 0 saturated carbocycles. The molecule has 0 aromatic rings. The average molecular weight is 184 g/mol. The predicted octanol–water partition coefficient (Wildman–Crippen LogP) is -0.716. The number of aliphatic hydroxyl groups is 1. The van der Waals surface area contributed by atoms with Crippen molar-refractivity contribution in [2.24, 2.45) is 0 Å². The van der Waals surface area contributed by atoms with Gasteiger partial charge in [-0.15, -0.1) is 0 Å². The number of carbonyl (C=O) groups is 1. The lowest BCUT2D eigenvalue weighted by Gasteiger charge is -2.33. The fourth-order valence-corrected chi connectivity index (χ4v) is 2.53. The summed E-state index contributed by atoms with van der Waals surface area (Å²) < 4.78 is 0. The van der Waals surface area contributed by atoms with Gasteiger partial charge in [-0.05, 0) is 13.0 Å². The molecule has 0 aromatic heterocycles. The second-order valence-corrected chi connectivity index (χ2v) is 3.84. The maximum Gasteiger partial charge on any atom is 0.248 e. The summed E-state index contributed by atoms with van der Waals surface area (Å²) in [5.41, 5.74) is 0. The SMILES string of the molecule is CCN1CC2CC1CN2C(=O)CO. The molecule has 74 valence electrons. The molecule has 4 nitrogen and oxygen atoms in total. The quantitative estimate of drug-likeness (QED) is 0.616. The summed E-state index contributed by atoms with van der Waals surface area (Å²) in [6.45, 7) is 4.70. The van der Waals surface area contributed by atoms with Gasteiger partial charge < -0.3 is 10.0 Å². The van der Waals surface area contributed by atoms with Crippen LogP contribution in [0.3, 0.4) is 0 Å². The lowest BCUT2D eigenvalue weighted by atomic mass is 10.2. The van der Waals surface area contributed by atoms with Crippen molar-refractivity contribution >= 4 is 5.91 Å². The van der Waals surface area contributed by atoms with Crippen LogP contribution in [0.5, 0.6) is 0 Å². The van der Waals surface area contributed by atoms with Gasteiger partial charge in [0, 0.05) is 25.2 Å². The van der Waals surface area contributed by atoms with E-state index in [1.54, 1.807) is 0 Å². The molecule has 2 aliphatic heterocycles. The Bertz CT molecular complexity index is 220. The number of rotatable bonds is 2. The second kappa shape index (κ2) is 3.27. The van der Waals surface area contributed by atoms with Crippen molar-refractivity contribution in [3.63, 3.8) is 0 Å². The van der Waals surface area contributed by atoms with E-state index in [9.17, 15) is 4.79 Å². The van der Waals surface area contributed by atoms with Crippen LogP contribution in [0, 0.1) is 0 Å². The summed E-state index contributed by atoms with van der Waals surface area (Å²) in [4.78, 5) is 15.5. The Morgan fingerprint density at radius 1 is 1.46 bits per heavy atom. The van der Waals surface area contributed by atoms with E-state index in [1.807, 2.05) is 4.90 Å². The zero-order valence-electron chi connectivity index (χ0n) is 7.94. The van der Waals surface area contributed by atoms with Crippen molar-refractivity contribution < 1.29 is 9.90 Å². The number of likely N-dealkylation sites (tertiary alicyclic amines) is 2.